The van der Waals surface area contributed by atoms with E-state index in [0.29, 0.717) is 0 Å². The third kappa shape index (κ3) is 2.43. The van der Waals surface area contributed by atoms with E-state index in [1.807, 2.05) is 33.0 Å². The third-order valence-electron chi connectivity index (χ3n) is 3.62. The molecule has 0 saturated carbocycles. The van der Waals surface area contributed by atoms with Crippen LogP contribution in [0.15, 0.2) is 35.7 Å². The molecule has 1 unspecified atom stereocenters. The highest BCUT2D eigenvalue weighted by Gasteiger charge is 2.22. The summed E-state index contributed by atoms with van der Waals surface area (Å²) >= 11 is 0. The predicted molar refractivity (Wildman–Crippen MR) is 71.0 cm³/mol. The second kappa shape index (κ2) is 5.31. The average molecular weight is 245 g/mol. The monoisotopic (exact) mass is 245 g/mol. The maximum absolute atomic E-state index is 12.3. The lowest BCUT2D eigenvalue weighted by Crippen LogP contribution is -2.38. The van der Waals surface area contributed by atoms with Crippen molar-refractivity contribution >= 4 is 5.91 Å². The van der Waals surface area contributed by atoms with Crippen LogP contribution >= 0.6 is 0 Å². The molecule has 0 bridgehead atoms. The molecule has 1 aliphatic rings. The Hall–Kier alpha value is -1.68. The maximum atomic E-state index is 12.3. The van der Waals surface area contributed by atoms with Gasteiger partial charge in [0.25, 0.3) is 0 Å². The van der Waals surface area contributed by atoms with Crippen LogP contribution in [0, 0.1) is 0 Å². The largest absolute Gasteiger partial charge is 0.335 e. The first-order chi connectivity index (χ1) is 8.61. The normalized spacial score (nSPS) is 15.8. The molecule has 1 fully saturated rings. The van der Waals surface area contributed by atoms with E-state index < -0.39 is 0 Å². The van der Waals surface area contributed by atoms with Crippen molar-refractivity contribution in [1.29, 1.82) is 0 Å². The van der Waals surface area contributed by atoms with Gasteiger partial charge < -0.3 is 10.2 Å². The van der Waals surface area contributed by atoms with Crippen molar-refractivity contribution in [3.8, 4) is 0 Å². The van der Waals surface area contributed by atoms with Gasteiger partial charge >= 0.3 is 0 Å². The summed E-state index contributed by atoms with van der Waals surface area (Å²) in [5, 5.41) is 3.16. The lowest BCUT2D eigenvalue weighted by atomic mass is 10.0. The quantitative estimate of drug-likeness (QED) is 0.821. The molecule has 2 heterocycles. The van der Waals surface area contributed by atoms with Crippen molar-refractivity contribution in [3.63, 3.8) is 0 Å². The molecule has 1 amide bonds. The van der Waals surface area contributed by atoms with Crippen molar-refractivity contribution < 1.29 is 4.79 Å². The minimum Gasteiger partial charge on any atom is -0.335 e. The Bertz CT molecular complexity index is 461. The van der Waals surface area contributed by atoms with Gasteiger partial charge in [0.1, 0.15) is 0 Å². The summed E-state index contributed by atoms with van der Waals surface area (Å²) in [6, 6.07) is 3.95. The zero-order valence-electron chi connectivity index (χ0n) is 11.1. The van der Waals surface area contributed by atoms with Gasteiger partial charge in [-0.3, -0.25) is 9.78 Å². The minimum absolute atomic E-state index is 0.0593. The second-order valence-electron chi connectivity index (χ2n) is 4.70. The van der Waals surface area contributed by atoms with Crippen LogP contribution in [0.3, 0.4) is 0 Å². The van der Waals surface area contributed by atoms with Gasteiger partial charge in [-0.05, 0) is 37.1 Å². The molecular formula is C14H19N3O. The SMILES string of the molecule is CC(C(=O)N(C)C(C)c1ccncc1)=C1CNC1. The highest BCUT2D eigenvalue weighted by Crippen LogP contribution is 2.21. The van der Waals surface area contributed by atoms with E-state index in [-0.39, 0.29) is 11.9 Å². The Morgan fingerprint density at radius 2 is 2.00 bits per heavy atom. The summed E-state index contributed by atoms with van der Waals surface area (Å²) < 4.78 is 0. The van der Waals surface area contributed by atoms with E-state index in [2.05, 4.69) is 10.3 Å². The number of rotatable bonds is 3. The molecule has 1 aromatic rings. The minimum atomic E-state index is 0.0593. The predicted octanol–water partition coefficient (Wildman–Crippen LogP) is 1.52. The van der Waals surface area contributed by atoms with E-state index >= 15 is 0 Å². The first-order valence-corrected chi connectivity index (χ1v) is 6.17. The maximum Gasteiger partial charge on any atom is 0.249 e. The van der Waals surface area contributed by atoms with Crippen LogP contribution in [0.2, 0.25) is 0 Å². The second-order valence-corrected chi connectivity index (χ2v) is 4.70. The molecule has 4 nitrogen and oxygen atoms in total. The van der Waals surface area contributed by atoms with Crippen LogP contribution in [0.1, 0.15) is 25.5 Å². The van der Waals surface area contributed by atoms with Gasteiger partial charge in [-0.1, -0.05) is 0 Å². The number of carbonyl (C=O) groups is 1. The molecule has 0 spiro atoms. The first-order valence-electron chi connectivity index (χ1n) is 6.17. The summed E-state index contributed by atoms with van der Waals surface area (Å²) in [4.78, 5) is 18.1. The van der Waals surface area contributed by atoms with E-state index in [1.165, 1.54) is 5.57 Å². The van der Waals surface area contributed by atoms with Crippen LogP contribution < -0.4 is 5.32 Å². The molecule has 2 rings (SSSR count). The number of likely N-dealkylation sites (N-methyl/N-ethyl adjacent to an activating group) is 1. The van der Waals surface area contributed by atoms with Crippen molar-refractivity contribution in [2.75, 3.05) is 20.1 Å². The van der Waals surface area contributed by atoms with Crippen LogP contribution in [0.4, 0.5) is 0 Å². The van der Waals surface area contributed by atoms with E-state index in [1.54, 1.807) is 17.3 Å². The van der Waals surface area contributed by atoms with Gasteiger partial charge in [0, 0.05) is 38.1 Å². The average Bonchev–Trinajstić information content (AvgIpc) is 2.35. The fourth-order valence-corrected chi connectivity index (χ4v) is 1.97. The van der Waals surface area contributed by atoms with Crippen molar-refractivity contribution in [1.82, 2.24) is 15.2 Å². The summed E-state index contributed by atoms with van der Waals surface area (Å²) in [5.74, 6) is 0.107. The number of hydrogen-bond donors (Lipinski definition) is 1. The van der Waals surface area contributed by atoms with Crippen molar-refractivity contribution in [3.05, 3.63) is 41.2 Å². The summed E-state index contributed by atoms with van der Waals surface area (Å²) in [5.41, 5.74) is 3.19. The fourth-order valence-electron chi connectivity index (χ4n) is 1.97. The standard InChI is InChI=1S/C14H19N3O/c1-10(13-8-16-9-13)14(18)17(3)11(2)12-4-6-15-7-5-12/h4-7,11,16H,8-9H2,1-3H3. The Balaban J connectivity index is 2.11. The molecule has 1 N–H and O–H groups in total. The van der Waals surface area contributed by atoms with Crippen LogP contribution in [0.25, 0.3) is 0 Å². The van der Waals surface area contributed by atoms with Crippen molar-refractivity contribution in [2.24, 2.45) is 0 Å². The summed E-state index contributed by atoms with van der Waals surface area (Å²) in [6.07, 6.45) is 3.51. The van der Waals surface area contributed by atoms with E-state index in [9.17, 15) is 4.79 Å². The lowest BCUT2D eigenvalue weighted by Gasteiger charge is -2.28. The molecule has 0 aliphatic carbocycles. The molecular weight excluding hydrogens is 226 g/mol. The Morgan fingerprint density at radius 3 is 2.50 bits per heavy atom. The topological polar surface area (TPSA) is 45.2 Å². The number of nitrogens with one attached hydrogen (secondary N) is 1. The van der Waals surface area contributed by atoms with Crippen LogP contribution in [-0.4, -0.2) is 35.9 Å². The first kappa shape index (κ1) is 12.8. The molecule has 0 aromatic carbocycles. The van der Waals surface area contributed by atoms with Gasteiger partial charge in [0.15, 0.2) is 0 Å². The molecule has 96 valence electrons. The summed E-state index contributed by atoms with van der Waals surface area (Å²) in [7, 11) is 1.85. The Morgan fingerprint density at radius 1 is 1.39 bits per heavy atom. The molecule has 1 aromatic heterocycles. The number of carbonyl (C=O) groups excluding carboxylic acids is 1. The number of hydrogen-bond acceptors (Lipinski definition) is 3. The van der Waals surface area contributed by atoms with Crippen LogP contribution in [0.5, 0.6) is 0 Å². The third-order valence-corrected chi connectivity index (χ3v) is 3.62. The zero-order chi connectivity index (χ0) is 13.1. The Kier molecular flexibility index (Phi) is 3.77. The van der Waals surface area contributed by atoms with Gasteiger partial charge in [-0.15, -0.1) is 0 Å². The number of amides is 1. The fraction of sp³-hybridized carbons (Fsp3) is 0.429. The van der Waals surface area contributed by atoms with Gasteiger partial charge in [0.05, 0.1) is 6.04 Å². The number of nitrogens with zero attached hydrogens (tertiary/aromatic N) is 2. The van der Waals surface area contributed by atoms with Gasteiger partial charge in [0.2, 0.25) is 5.91 Å². The Labute approximate surface area is 108 Å². The van der Waals surface area contributed by atoms with Gasteiger partial charge in [-0.2, -0.15) is 0 Å². The van der Waals surface area contributed by atoms with Gasteiger partial charge in [-0.25, -0.2) is 0 Å². The molecule has 1 aliphatic heterocycles. The molecule has 1 atom stereocenters. The molecule has 18 heavy (non-hydrogen) atoms. The highest BCUT2D eigenvalue weighted by molar-refractivity contribution is 5.94. The van der Waals surface area contributed by atoms with E-state index in [0.717, 1.165) is 24.2 Å². The highest BCUT2D eigenvalue weighted by atomic mass is 16.2. The van der Waals surface area contributed by atoms with Crippen LogP contribution in [-0.2, 0) is 4.79 Å². The molecule has 1 saturated heterocycles. The zero-order valence-corrected chi connectivity index (χ0v) is 11.1. The molecule has 0 radical (unpaired) electrons. The van der Waals surface area contributed by atoms with Crippen molar-refractivity contribution in [2.45, 2.75) is 19.9 Å². The number of aromatic nitrogens is 1. The smallest absolute Gasteiger partial charge is 0.249 e. The lowest BCUT2D eigenvalue weighted by molar-refractivity contribution is -0.127. The van der Waals surface area contributed by atoms with E-state index in [4.69, 9.17) is 0 Å². The summed E-state index contributed by atoms with van der Waals surface area (Å²) in [6.45, 7) is 5.63. The number of pyridine rings is 1. The molecule has 4 heteroatoms.